The van der Waals surface area contributed by atoms with Crippen molar-refractivity contribution in [1.82, 2.24) is 36.9 Å². The van der Waals surface area contributed by atoms with Crippen molar-refractivity contribution in [3.05, 3.63) is 36.0 Å². The molecule has 0 fully saturated rings. The molecule has 18 nitrogen and oxygen atoms in total. The van der Waals surface area contributed by atoms with Crippen LogP contribution in [0.1, 0.15) is 53.5 Å². The maximum absolute atomic E-state index is 13.8. The number of benzene rings is 1. The van der Waals surface area contributed by atoms with Crippen LogP contribution in [0.15, 0.2) is 30.5 Å². The van der Waals surface area contributed by atoms with Gasteiger partial charge in [-0.05, 0) is 37.3 Å². The van der Waals surface area contributed by atoms with E-state index in [1.165, 1.54) is 13.8 Å². The van der Waals surface area contributed by atoms with Crippen molar-refractivity contribution in [3.63, 3.8) is 0 Å². The number of aliphatic carboxylic acids is 1. The highest BCUT2D eigenvalue weighted by Gasteiger charge is 2.35. The minimum Gasteiger partial charge on any atom is -0.480 e. The van der Waals surface area contributed by atoms with Gasteiger partial charge in [-0.2, -0.15) is 0 Å². The molecule has 2 rings (SSSR count). The van der Waals surface area contributed by atoms with Crippen molar-refractivity contribution in [3.8, 4) is 0 Å². The molecule has 0 unspecified atom stereocenters. The number of carbonyl (C=O) groups excluding carboxylic acids is 6. The molecule has 12 N–H and O–H groups in total. The van der Waals surface area contributed by atoms with Crippen molar-refractivity contribution in [2.45, 2.75) is 96.7 Å². The summed E-state index contributed by atoms with van der Waals surface area (Å²) in [6.45, 7) is 7.87. The van der Waals surface area contributed by atoms with Crippen molar-refractivity contribution < 1.29 is 48.9 Å². The van der Waals surface area contributed by atoms with Gasteiger partial charge in [-0.1, -0.05) is 52.3 Å². The summed E-state index contributed by atoms with van der Waals surface area (Å²) >= 11 is 0. The zero-order valence-electron chi connectivity index (χ0n) is 30.2. The van der Waals surface area contributed by atoms with Crippen molar-refractivity contribution >= 4 is 52.3 Å². The normalized spacial score (nSPS) is 15.9. The molecule has 1 heterocycles. The second kappa shape index (κ2) is 20.1. The van der Waals surface area contributed by atoms with Gasteiger partial charge in [0.2, 0.25) is 35.4 Å². The molecule has 0 bridgehead atoms. The third-order valence-electron chi connectivity index (χ3n) is 8.59. The van der Waals surface area contributed by atoms with E-state index in [9.17, 15) is 48.9 Å². The Labute approximate surface area is 301 Å². The number of aromatic amines is 1. The van der Waals surface area contributed by atoms with E-state index < -0.39 is 102 Å². The Morgan fingerprint density at radius 3 is 1.87 bits per heavy atom. The van der Waals surface area contributed by atoms with E-state index in [-0.39, 0.29) is 13.0 Å². The van der Waals surface area contributed by atoms with Gasteiger partial charge in [-0.15, -0.1) is 0 Å². The first-order chi connectivity index (χ1) is 24.4. The standard InChI is InChI=1S/C34H52N8O10/c1-7-17(4)27(34(51)52)41-30(47)23(12-20-14-36-22-11-9-8-10-21(20)22)38-32(49)26(16(2)3)40-31(48)24(15-43)39-33(50)28(19(6)44)42-29(46)18(5)37-25(45)13-35/h8-11,14,16-19,23-24,26-28,36,43-44H,7,12-13,15,35H2,1-6H3,(H,37,45)(H,38,49)(H,39,50)(H,40,48)(H,41,47)(H,42,46)(H,51,52)/t17-,18-,19+,23-,24-,26-,27-,28-/m0/s1. The number of aliphatic hydroxyl groups excluding tert-OH is 2. The fourth-order valence-corrected chi connectivity index (χ4v) is 5.22. The average molecular weight is 733 g/mol. The van der Waals surface area contributed by atoms with Crippen LogP contribution in [0.25, 0.3) is 10.9 Å². The summed E-state index contributed by atoms with van der Waals surface area (Å²) in [4.78, 5) is 93.0. The lowest BCUT2D eigenvalue weighted by molar-refractivity contribution is -0.144. The van der Waals surface area contributed by atoms with E-state index in [0.29, 0.717) is 12.0 Å². The first kappa shape index (κ1) is 43.1. The van der Waals surface area contributed by atoms with E-state index in [2.05, 4.69) is 36.9 Å². The van der Waals surface area contributed by atoms with Gasteiger partial charge < -0.3 is 57.9 Å². The number of carbonyl (C=O) groups is 7. The Morgan fingerprint density at radius 1 is 0.750 bits per heavy atom. The number of para-hydroxylation sites is 1. The lowest BCUT2D eigenvalue weighted by Gasteiger charge is -2.29. The molecule has 8 atom stereocenters. The van der Waals surface area contributed by atoms with Crippen LogP contribution in [0, 0.1) is 11.8 Å². The minimum absolute atomic E-state index is 0.0382. The minimum atomic E-state index is -1.65. The molecule has 2 aromatic rings. The number of nitrogens with one attached hydrogen (secondary N) is 7. The van der Waals surface area contributed by atoms with Gasteiger partial charge in [0.15, 0.2) is 0 Å². The Hall–Kier alpha value is -5.07. The fraction of sp³-hybridized carbons (Fsp3) is 0.559. The SMILES string of the molecule is CC[C@H](C)[C@H](NC(=O)[C@H](Cc1c[nH]c2ccccc12)NC(=O)[C@@H](NC(=O)[C@H](CO)NC(=O)[C@@H](NC(=O)[C@H](C)NC(=O)CN)[C@@H](C)O)C(C)C)C(=O)O. The lowest BCUT2D eigenvalue weighted by Crippen LogP contribution is -2.62. The number of amides is 6. The summed E-state index contributed by atoms with van der Waals surface area (Å²) in [5.74, 6) is -7.34. The summed E-state index contributed by atoms with van der Waals surface area (Å²) in [5.41, 5.74) is 6.68. The number of aliphatic hydroxyl groups is 2. The van der Waals surface area contributed by atoms with Gasteiger partial charge in [0, 0.05) is 23.5 Å². The number of fused-ring (bicyclic) bond motifs is 1. The number of hydrogen-bond donors (Lipinski definition) is 11. The highest BCUT2D eigenvalue weighted by Crippen LogP contribution is 2.20. The van der Waals surface area contributed by atoms with Gasteiger partial charge in [-0.25, -0.2) is 4.79 Å². The van der Waals surface area contributed by atoms with E-state index in [4.69, 9.17) is 5.73 Å². The monoisotopic (exact) mass is 732 g/mol. The molecule has 52 heavy (non-hydrogen) atoms. The van der Waals surface area contributed by atoms with Crippen LogP contribution in [0.3, 0.4) is 0 Å². The molecule has 0 spiro atoms. The van der Waals surface area contributed by atoms with Gasteiger partial charge in [0.25, 0.3) is 0 Å². The van der Waals surface area contributed by atoms with Gasteiger partial charge in [0.05, 0.1) is 19.3 Å². The molecule has 0 saturated carbocycles. The van der Waals surface area contributed by atoms with Gasteiger partial charge in [0.1, 0.15) is 36.3 Å². The summed E-state index contributed by atoms with van der Waals surface area (Å²) in [6.07, 6.45) is 0.621. The second-order valence-corrected chi connectivity index (χ2v) is 13.0. The van der Waals surface area contributed by atoms with Crippen LogP contribution >= 0.6 is 0 Å². The van der Waals surface area contributed by atoms with Crippen LogP contribution in [-0.4, -0.2) is 117 Å². The van der Waals surface area contributed by atoms with E-state index in [1.807, 2.05) is 18.2 Å². The zero-order chi connectivity index (χ0) is 39.3. The quantitative estimate of drug-likeness (QED) is 0.0692. The molecule has 18 heteroatoms. The molecular weight excluding hydrogens is 680 g/mol. The maximum Gasteiger partial charge on any atom is 0.326 e. The largest absolute Gasteiger partial charge is 0.480 e. The zero-order valence-corrected chi connectivity index (χ0v) is 30.2. The molecule has 0 saturated heterocycles. The van der Waals surface area contributed by atoms with Crippen molar-refractivity contribution in [2.75, 3.05) is 13.2 Å². The van der Waals surface area contributed by atoms with E-state index in [0.717, 1.165) is 10.9 Å². The molecular formula is C34H52N8O10. The van der Waals surface area contributed by atoms with Crippen LogP contribution in [0.5, 0.6) is 0 Å². The number of H-pyrrole nitrogens is 1. The Balaban J connectivity index is 2.28. The second-order valence-electron chi connectivity index (χ2n) is 13.0. The molecule has 0 radical (unpaired) electrons. The Bertz CT molecular complexity index is 1580. The number of rotatable bonds is 20. The van der Waals surface area contributed by atoms with Crippen LogP contribution < -0.4 is 37.6 Å². The first-order valence-corrected chi connectivity index (χ1v) is 17.0. The third-order valence-corrected chi connectivity index (χ3v) is 8.59. The number of aromatic nitrogens is 1. The summed E-state index contributed by atoms with van der Waals surface area (Å²) < 4.78 is 0. The topological polar surface area (TPSA) is 294 Å². The van der Waals surface area contributed by atoms with Crippen molar-refractivity contribution in [2.24, 2.45) is 17.6 Å². The number of carboxylic acids is 1. The predicted octanol–water partition coefficient (Wildman–Crippen LogP) is -2.24. The summed E-state index contributed by atoms with van der Waals surface area (Å²) in [5, 5.41) is 45.3. The van der Waals surface area contributed by atoms with Crippen LogP contribution in [0.2, 0.25) is 0 Å². The lowest BCUT2D eigenvalue weighted by atomic mass is 9.97. The smallest absolute Gasteiger partial charge is 0.326 e. The molecule has 0 aliphatic rings. The molecule has 1 aromatic heterocycles. The third kappa shape index (κ3) is 12.0. The molecule has 288 valence electrons. The van der Waals surface area contributed by atoms with E-state index in [1.54, 1.807) is 40.0 Å². The van der Waals surface area contributed by atoms with Crippen LogP contribution in [-0.2, 0) is 40.0 Å². The summed E-state index contributed by atoms with van der Waals surface area (Å²) in [6, 6.07) is -0.922. The Morgan fingerprint density at radius 2 is 1.31 bits per heavy atom. The first-order valence-electron chi connectivity index (χ1n) is 17.0. The van der Waals surface area contributed by atoms with Crippen molar-refractivity contribution in [1.29, 1.82) is 0 Å². The van der Waals surface area contributed by atoms with Crippen LogP contribution in [0.4, 0.5) is 0 Å². The van der Waals surface area contributed by atoms with Gasteiger partial charge >= 0.3 is 5.97 Å². The number of hydrogen-bond acceptors (Lipinski definition) is 10. The molecule has 1 aromatic carbocycles. The highest BCUT2D eigenvalue weighted by atomic mass is 16.4. The van der Waals surface area contributed by atoms with Gasteiger partial charge in [-0.3, -0.25) is 28.8 Å². The molecule has 6 amide bonds. The fourth-order valence-electron chi connectivity index (χ4n) is 5.22. The molecule has 0 aliphatic carbocycles. The van der Waals surface area contributed by atoms with E-state index >= 15 is 0 Å². The Kier molecular flexibility index (Phi) is 16.7. The predicted molar refractivity (Wildman–Crippen MR) is 189 cm³/mol. The number of nitrogens with two attached hydrogens (primary N) is 1. The average Bonchev–Trinajstić information content (AvgIpc) is 3.51. The molecule has 0 aliphatic heterocycles. The summed E-state index contributed by atoms with van der Waals surface area (Å²) in [7, 11) is 0. The highest BCUT2D eigenvalue weighted by molar-refractivity contribution is 5.97. The maximum atomic E-state index is 13.8. The number of carboxylic acid groups (broad SMARTS) is 1.